The molecule has 1 aliphatic heterocycles. The summed E-state index contributed by atoms with van der Waals surface area (Å²) >= 11 is 6.07. The molecule has 194 valence electrons. The number of hydrogen-bond donors (Lipinski definition) is 2. The van der Waals surface area contributed by atoms with Crippen LogP contribution in [0.1, 0.15) is 50.7 Å². The van der Waals surface area contributed by atoms with Crippen LogP contribution in [-0.2, 0) is 10.2 Å². The Balaban J connectivity index is 1.68. The van der Waals surface area contributed by atoms with E-state index in [0.717, 1.165) is 23.0 Å². The highest BCUT2D eigenvalue weighted by atomic mass is 35.5. The Labute approximate surface area is 221 Å². The number of hydrogen-bond acceptors (Lipinski definition) is 6. The molecule has 1 aromatic carbocycles. The van der Waals surface area contributed by atoms with Crippen LogP contribution in [0.25, 0.3) is 16.9 Å². The van der Waals surface area contributed by atoms with Crippen molar-refractivity contribution in [2.24, 2.45) is 5.73 Å². The number of carbonyl (C=O) groups is 2. The van der Waals surface area contributed by atoms with Crippen LogP contribution in [0.3, 0.4) is 0 Å². The number of halogens is 1. The number of benzene rings is 1. The van der Waals surface area contributed by atoms with Crippen LogP contribution in [0.2, 0.25) is 5.02 Å². The Kier molecular flexibility index (Phi) is 6.85. The second kappa shape index (κ2) is 9.63. The van der Waals surface area contributed by atoms with Gasteiger partial charge in [0.2, 0.25) is 0 Å². The third-order valence-electron chi connectivity index (χ3n) is 6.54. The Bertz CT molecular complexity index is 1400. The molecule has 3 aromatic rings. The highest BCUT2D eigenvalue weighted by Gasteiger charge is 2.40. The van der Waals surface area contributed by atoms with Crippen LogP contribution >= 0.6 is 11.6 Å². The monoisotopic (exact) mass is 521 g/mol. The second-order valence-electron chi connectivity index (χ2n) is 10.9. The second-order valence-corrected chi connectivity index (χ2v) is 11.3. The molecular formula is C27H32ClN7O2. The zero-order valence-corrected chi connectivity index (χ0v) is 22.5. The molecule has 1 saturated heterocycles. The molecule has 0 bridgehead atoms. The molecule has 9 nitrogen and oxygen atoms in total. The fourth-order valence-electron chi connectivity index (χ4n) is 4.58. The van der Waals surface area contributed by atoms with Crippen LogP contribution < -0.4 is 5.73 Å². The maximum atomic E-state index is 13.7. The summed E-state index contributed by atoms with van der Waals surface area (Å²) in [6.07, 6.45) is 3.92. The summed E-state index contributed by atoms with van der Waals surface area (Å²) in [6.45, 7) is 11.1. The molecule has 2 aromatic heterocycles. The number of amides is 2. The van der Waals surface area contributed by atoms with Gasteiger partial charge in [-0.05, 0) is 43.5 Å². The number of allylic oxidation sites excluding steroid dienone is 1. The normalized spacial score (nSPS) is 16.2. The Hall–Kier alpha value is -3.72. The van der Waals surface area contributed by atoms with E-state index in [1.165, 1.54) is 6.08 Å². The Morgan fingerprint density at radius 1 is 1.16 bits per heavy atom. The minimum absolute atomic E-state index is 0.00297. The van der Waals surface area contributed by atoms with Crippen molar-refractivity contribution in [3.63, 3.8) is 0 Å². The molecule has 3 N–H and O–H groups in total. The third kappa shape index (κ3) is 5.22. The lowest BCUT2D eigenvalue weighted by Gasteiger charge is -2.46. The largest absolute Gasteiger partial charge is 0.394 e. The summed E-state index contributed by atoms with van der Waals surface area (Å²) in [5.41, 5.74) is 8.47. The highest BCUT2D eigenvalue weighted by molar-refractivity contribution is 6.30. The zero-order chi connectivity index (χ0) is 27.1. The van der Waals surface area contributed by atoms with E-state index in [-0.39, 0.29) is 22.9 Å². The first kappa shape index (κ1) is 26.3. The molecule has 3 heterocycles. The van der Waals surface area contributed by atoms with Gasteiger partial charge in [-0.2, -0.15) is 5.10 Å². The number of carbonyl (C=O) groups excluding carboxylic acids is 2. The van der Waals surface area contributed by atoms with Gasteiger partial charge in [-0.3, -0.25) is 9.59 Å². The van der Waals surface area contributed by atoms with Crippen LogP contribution in [-0.4, -0.2) is 67.6 Å². The number of nitrogens with two attached hydrogens (primary N) is 1. The van der Waals surface area contributed by atoms with E-state index in [9.17, 15) is 9.59 Å². The first-order valence-corrected chi connectivity index (χ1v) is 12.4. The van der Waals surface area contributed by atoms with Crippen LogP contribution in [0.5, 0.6) is 0 Å². The lowest BCUT2D eigenvalue weighted by molar-refractivity contribution is -0.131. The first-order chi connectivity index (χ1) is 17.3. The van der Waals surface area contributed by atoms with Gasteiger partial charge in [0, 0.05) is 42.0 Å². The highest BCUT2D eigenvalue weighted by Crippen LogP contribution is 2.31. The van der Waals surface area contributed by atoms with E-state index < -0.39 is 5.54 Å². The average Bonchev–Trinajstić information content (AvgIpc) is 3.26. The smallest absolute Gasteiger partial charge is 0.274 e. The van der Waals surface area contributed by atoms with Crippen molar-refractivity contribution in [3.05, 3.63) is 64.6 Å². The molecule has 10 heteroatoms. The summed E-state index contributed by atoms with van der Waals surface area (Å²) in [5, 5.41) is 12.5. The SMILES string of the molecule is CC(C)(C)c1cc(-c2ccc(Cl)cc2)nn2cc(C(=O)N3CCN(C(=O)/C(N)=C/C=N)CC3(C)C)nc12. The molecule has 1 fully saturated rings. The molecule has 0 spiro atoms. The topological polar surface area (TPSA) is 121 Å². The lowest BCUT2D eigenvalue weighted by atomic mass is 9.87. The summed E-state index contributed by atoms with van der Waals surface area (Å²) in [6, 6.07) is 9.49. The van der Waals surface area contributed by atoms with Crippen LogP contribution in [0, 0.1) is 5.41 Å². The average molecular weight is 522 g/mol. The minimum atomic E-state index is -0.652. The first-order valence-electron chi connectivity index (χ1n) is 12.1. The quantitative estimate of drug-likeness (QED) is 0.398. The number of piperazine rings is 1. The molecule has 0 atom stereocenters. The fraction of sp³-hybridized carbons (Fsp3) is 0.370. The number of imidazole rings is 1. The van der Waals surface area contributed by atoms with Crippen LogP contribution in [0.4, 0.5) is 0 Å². The summed E-state index contributed by atoms with van der Waals surface area (Å²) in [4.78, 5) is 34.4. The van der Waals surface area contributed by atoms with E-state index in [2.05, 4.69) is 20.8 Å². The minimum Gasteiger partial charge on any atom is -0.394 e. The van der Waals surface area contributed by atoms with Gasteiger partial charge in [0.1, 0.15) is 5.69 Å². The predicted octanol–water partition coefficient (Wildman–Crippen LogP) is 3.90. The lowest BCUT2D eigenvalue weighted by Crippen LogP contribution is -2.62. The van der Waals surface area contributed by atoms with Crippen molar-refractivity contribution in [1.82, 2.24) is 24.4 Å². The molecule has 2 amide bonds. The predicted molar refractivity (Wildman–Crippen MR) is 145 cm³/mol. The number of fused-ring (bicyclic) bond motifs is 1. The van der Waals surface area contributed by atoms with Gasteiger partial charge < -0.3 is 20.9 Å². The fourth-order valence-corrected chi connectivity index (χ4v) is 4.71. The van der Waals surface area contributed by atoms with Crippen LogP contribution in [0.15, 0.2) is 48.3 Å². The number of aromatic nitrogens is 3. The Morgan fingerprint density at radius 2 is 1.84 bits per heavy atom. The van der Waals surface area contributed by atoms with E-state index in [1.807, 2.05) is 44.2 Å². The van der Waals surface area contributed by atoms with Gasteiger partial charge in [0.15, 0.2) is 5.65 Å². The van der Waals surface area contributed by atoms with Gasteiger partial charge in [-0.15, -0.1) is 0 Å². The Morgan fingerprint density at radius 3 is 2.43 bits per heavy atom. The van der Waals surface area contributed by atoms with Crippen molar-refractivity contribution in [3.8, 4) is 11.3 Å². The third-order valence-corrected chi connectivity index (χ3v) is 6.79. The molecule has 0 saturated carbocycles. The number of nitrogens with zero attached hydrogens (tertiary/aromatic N) is 5. The van der Waals surface area contributed by atoms with Gasteiger partial charge in [0.05, 0.1) is 23.1 Å². The summed E-state index contributed by atoms with van der Waals surface area (Å²) in [5.74, 6) is -0.566. The van der Waals surface area contributed by atoms with Crippen molar-refractivity contribution < 1.29 is 9.59 Å². The van der Waals surface area contributed by atoms with E-state index in [1.54, 1.807) is 20.5 Å². The molecule has 0 unspecified atom stereocenters. The number of nitrogens with one attached hydrogen (secondary N) is 1. The molecule has 37 heavy (non-hydrogen) atoms. The summed E-state index contributed by atoms with van der Waals surface area (Å²) < 4.78 is 1.67. The maximum absolute atomic E-state index is 13.7. The van der Waals surface area contributed by atoms with Crippen molar-refractivity contribution in [1.29, 1.82) is 5.41 Å². The molecule has 4 rings (SSSR count). The van der Waals surface area contributed by atoms with E-state index in [4.69, 9.17) is 32.8 Å². The van der Waals surface area contributed by atoms with Crippen molar-refractivity contribution >= 4 is 35.3 Å². The molecular weight excluding hydrogens is 490 g/mol. The number of rotatable bonds is 4. The maximum Gasteiger partial charge on any atom is 0.274 e. The van der Waals surface area contributed by atoms with E-state index >= 15 is 0 Å². The van der Waals surface area contributed by atoms with Crippen molar-refractivity contribution in [2.45, 2.75) is 45.6 Å². The molecule has 0 radical (unpaired) electrons. The zero-order valence-electron chi connectivity index (χ0n) is 21.7. The van der Waals surface area contributed by atoms with Gasteiger partial charge in [0.25, 0.3) is 11.8 Å². The molecule has 0 aliphatic carbocycles. The molecule has 1 aliphatic rings. The van der Waals surface area contributed by atoms with Gasteiger partial charge in [-0.1, -0.05) is 44.5 Å². The van der Waals surface area contributed by atoms with E-state index in [0.29, 0.717) is 36.0 Å². The van der Waals surface area contributed by atoms with Gasteiger partial charge >= 0.3 is 0 Å². The standard InChI is InChI=1S/C27H32ClN7O2/c1-26(2,3)19-14-21(17-6-8-18(28)9-7-17)32-35-15-22(31-23(19)35)25(37)34-13-12-33(16-27(34,4)5)24(36)20(30)10-11-29/h6-11,14-15,29H,12-13,16,30H2,1-5H3/b20-10-,29-11?. The van der Waals surface area contributed by atoms with Crippen molar-refractivity contribution in [2.75, 3.05) is 19.6 Å². The van der Waals surface area contributed by atoms with Gasteiger partial charge in [-0.25, -0.2) is 9.50 Å². The summed E-state index contributed by atoms with van der Waals surface area (Å²) in [7, 11) is 0.